The highest BCUT2D eigenvalue weighted by atomic mass is 15.2. The van der Waals surface area contributed by atoms with E-state index in [-0.39, 0.29) is 0 Å². The Morgan fingerprint density at radius 2 is 2.06 bits per heavy atom. The minimum Gasteiger partial charge on any atom is -0.314 e. The van der Waals surface area contributed by atoms with Crippen LogP contribution in [0.2, 0.25) is 0 Å². The fourth-order valence-electron chi connectivity index (χ4n) is 2.85. The summed E-state index contributed by atoms with van der Waals surface area (Å²) in [5.41, 5.74) is 0. The Balaban J connectivity index is 1.61. The molecule has 2 unspecified atom stereocenters. The molecule has 2 rings (SSSR count). The summed E-state index contributed by atoms with van der Waals surface area (Å²) < 4.78 is 0. The van der Waals surface area contributed by atoms with E-state index in [0.29, 0.717) is 6.04 Å². The van der Waals surface area contributed by atoms with Gasteiger partial charge in [0.2, 0.25) is 0 Å². The number of nitrogens with one attached hydrogen (secondary N) is 1. The third-order valence-corrected chi connectivity index (χ3v) is 4.56. The van der Waals surface area contributed by atoms with Crippen LogP contribution >= 0.6 is 0 Å². The molecule has 3 nitrogen and oxygen atoms in total. The minimum atomic E-state index is 0.677. The van der Waals surface area contributed by atoms with Crippen LogP contribution in [0.5, 0.6) is 0 Å². The second-order valence-electron chi connectivity index (χ2n) is 6.03. The lowest BCUT2D eigenvalue weighted by Gasteiger charge is -2.33. The summed E-state index contributed by atoms with van der Waals surface area (Å²) in [5, 5.41) is 3.67. The molecule has 0 aromatic heterocycles. The summed E-state index contributed by atoms with van der Waals surface area (Å²) in [6.07, 6.45) is 6.98. The molecule has 2 aliphatic rings. The lowest BCUT2D eigenvalue weighted by Crippen LogP contribution is -2.46. The van der Waals surface area contributed by atoms with Crippen LogP contribution < -0.4 is 5.32 Å². The molecule has 1 heterocycles. The van der Waals surface area contributed by atoms with Crippen LogP contribution in [-0.4, -0.2) is 61.7 Å². The summed E-state index contributed by atoms with van der Waals surface area (Å²) in [7, 11) is 4.54. The van der Waals surface area contributed by atoms with Gasteiger partial charge in [0.25, 0.3) is 0 Å². The Bertz CT molecular complexity index is 228. The lowest BCUT2D eigenvalue weighted by molar-refractivity contribution is 0.174. The molecule has 2 fully saturated rings. The van der Waals surface area contributed by atoms with Crippen LogP contribution in [0.4, 0.5) is 0 Å². The summed E-state index contributed by atoms with van der Waals surface area (Å²) in [6.45, 7) is 5.93. The van der Waals surface area contributed by atoms with E-state index in [4.69, 9.17) is 0 Å². The van der Waals surface area contributed by atoms with E-state index in [0.717, 1.165) is 18.6 Å². The fourth-order valence-corrected chi connectivity index (χ4v) is 2.85. The highest BCUT2D eigenvalue weighted by Crippen LogP contribution is 2.26. The van der Waals surface area contributed by atoms with Gasteiger partial charge in [-0.1, -0.05) is 6.42 Å². The van der Waals surface area contributed by atoms with Crippen molar-refractivity contribution in [1.82, 2.24) is 15.1 Å². The van der Waals surface area contributed by atoms with Crippen molar-refractivity contribution in [3.05, 3.63) is 0 Å². The molecule has 0 spiro atoms. The van der Waals surface area contributed by atoms with Crippen molar-refractivity contribution in [3.63, 3.8) is 0 Å². The van der Waals surface area contributed by atoms with Gasteiger partial charge in [0.05, 0.1) is 0 Å². The largest absolute Gasteiger partial charge is 0.314 e. The smallest absolute Gasteiger partial charge is 0.0217 e. The third-order valence-electron chi connectivity index (χ3n) is 4.56. The van der Waals surface area contributed by atoms with E-state index >= 15 is 0 Å². The molecule has 1 N–H and O–H groups in total. The molecular formula is C14H29N3. The Morgan fingerprint density at radius 3 is 2.71 bits per heavy atom. The first-order valence-electron chi connectivity index (χ1n) is 7.31. The van der Waals surface area contributed by atoms with Gasteiger partial charge in [0.15, 0.2) is 0 Å². The van der Waals surface area contributed by atoms with Gasteiger partial charge in [-0.15, -0.1) is 0 Å². The van der Waals surface area contributed by atoms with Crippen molar-refractivity contribution in [3.8, 4) is 0 Å². The van der Waals surface area contributed by atoms with Gasteiger partial charge in [-0.05, 0) is 53.2 Å². The van der Waals surface area contributed by atoms with Gasteiger partial charge in [-0.25, -0.2) is 0 Å². The second kappa shape index (κ2) is 6.17. The molecule has 0 bridgehead atoms. The average molecular weight is 239 g/mol. The molecule has 1 aliphatic carbocycles. The molecule has 3 heteroatoms. The molecule has 1 saturated heterocycles. The summed E-state index contributed by atoms with van der Waals surface area (Å²) in [5.74, 6) is 0. The lowest BCUT2D eigenvalue weighted by atomic mass is 10.0. The average Bonchev–Trinajstić information content (AvgIpc) is 3.14. The van der Waals surface area contributed by atoms with Crippen molar-refractivity contribution in [2.75, 3.05) is 33.7 Å². The van der Waals surface area contributed by atoms with Gasteiger partial charge in [0.1, 0.15) is 0 Å². The number of hydrogen-bond donors (Lipinski definition) is 1. The highest BCUT2D eigenvalue weighted by molar-refractivity contribution is 4.86. The first-order valence-corrected chi connectivity index (χ1v) is 7.31. The quantitative estimate of drug-likeness (QED) is 0.758. The normalized spacial score (nSPS) is 28.6. The summed E-state index contributed by atoms with van der Waals surface area (Å²) in [4.78, 5) is 5.06. The molecule has 0 aromatic rings. The zero-order chi connectivity index (χ0) is 12.3. The minimum absolute atomic E-state index is 0.677. The summed E-state index contributed by atoms with van der Waals surface area (Å²) in [6, 6.07) is 2.32. The first-order chi connectivity index (χ1) is 8.18. The van der Waals surface area contributed by atoms with E-state index < -0.39 is 0 Å². The van der Waals surface area contributed by atoms with Gasteiger partial charge in [0, 0.05) is 31.2 Å². The SMILES string of the molecule is CC(CNCC1CCCCN1C)N(C)C1CC1. The standard InChI is InChI=1S/C14H29N3/c1-12(17(3)13-7-8-13)10-15-11-14-6-4-5-9-16(14)2/h12-15H,4-11H2,1-3H3. The second-order valence-corrected chi connectivity index (χ2v) is 6.03. The number of hydrogen-bond acceptors (Lipinski definition) is 3. The van der Waals surface area contributed by atoms with E-state index in [1.807, 2.05) is 0 Å². The van der Waals surface area contributed by atoms with Crippen LogP contribution in [0.15, 0.2) is 0 Å². The Labute approximate surface area is 107 Å². The molecule has 1 aliphatic heterocycles. The molecular weight excluding hydrogens is 210 g/mol. The Kier molecular flexibility index (Phi) is 4.83. The van der Waals surface area contributed by atoms with Crippen LogP contribution in [0.3, 0.4) is 0 Å². The van der Waals surface area contributed by atoms with Crippen molar-refractivity contribution in [1.29, 1.82) is 0 Å². The number of rotatable bonds is 6. The molecule has 17 heavy (non-hydrogen) atoms. The number of likely N-dealkylation sites (N-methyl/N-ethyl adjacent to an activating group) is 2. The highest BCUT2D eigenvalue weighted by Gasteiger charge is 2.29. The van der Waals surface area contributed by atoms with Crippen LogP contribution in [-0.2, 0) is 0 Å². The van der Waals surface area contributed by atoms with E-state index in [1.54, 1.807) is 0 Å². The maximum absolute atomic E-state index is 3.67. The monoisotopic (exact) mass is 239 g/mol. The Hall–Kier alpha value is -0.120. The van der Waals surface area contributed by atoms with Crippen molar-refractivity contribution in [2.45, 2.75) is 57.2 Å². The zero-order valence-corrected chi connectivity index (χ0v) is 11.8. The number of piperidine rings is 1. The Morgan fingerprint density at radius 1 is 1.29 bits per heavy atom. The number of likely N-dealkylation sites (tertiary alicyclic amines) is 1. The van der Waals surface area contributed by atoms with Gasteiger partial charge < -0.3 is 10.2 Å². The van der Waals surface area contributed by atoms with Gasteiger partial charge >= 0.3 is 0 Å². The molecule has 2 atom stereocenters. The molecule has 100 valence electrons. The topological polar surface area (TPSA) is 18.5 Å². The van der Waals surface area contributed by atoms with Crippen molar-refractivity contribution < 1.29 is 0 Å². The van der Waals surface area contributed by atoms with Crippen LogP contribution in [0.25, 0.3) is 0 Å². The third kappa shape index (κ3) is 3.94. The first kappa shape index (κ1) is 13.3. The van der Waals surface area contributed by atoms with Crippen molar-refractivity contribution in [2.24, 2.45) is 0 Å². The van der Waals surface area contributed by atoms with E-state index in [2.05, 4.69) is 36.1 Å². The predicted molar refractivity (Wildman–Crippen MR) is 73.4 cm³/mol. The van der Waals surface area contributed by atoms with E-state index in [9.17, 15) is 0 Å². The molecule has 0 aromatic carbocycles. The molecule has 0 radical (unpaired) electrons. The van der Waals surface area contributed by atoms with Gasteiger partial charge in [-0.2, -0.15) is 0 Å². The maximum atomic E-state index is 3.67. The number of nitrogens with zero attached hydrogens (tertiary/aromatic N) is 2. The zero-order valence-electron chi connectivity index (χ0n) is 11.8. The fraction of sp³-hybridized carbons (Fsp3) is 1.00. The molecule has 1 saturated carbocycles. The maximum Gasteiger partial charge on any atom is 0.0217 e. The predicted octanol–water partition coefficient (Wildman–Crippen LogP) is 1.54. The van der Waals surface area contributed by atoms with E-state index in [1.165, 1.54) is 45.2 Å². The summed E-state index contributed by atoms with van der Waals surface area (Å²) >= 11 is 0. The molecule has 0 amide bonds. The van der Waals surface area contributed by atoms with Crippen molar-refractivity contribution >= 4 is 0 Å². The van der Waals surface area contributed by atoms with Crippen LogP contribution in [0, 0.1) is 0 Å². The van der Waals surface area contributed by atoms with Crippen LogP contribution in [0.1, 0.15) is 39.0 Å². The van der Waals surface area contributed by atoms with Gasteiger partial charge in [-0.3, -0.25) is 4.90 Å².